The Labute approximate surface area is 149 Å². The van der Waals surface area contributed by atoms with E-state index in [9.17, 15) is 9.59 Å². The third-order valence-electron chi connectivity index (χ3n) is 3.91. The Balaban J connectivity index is 1.73. The summed E-state index contributed by atoms with van der Waals surface area (Å²) in [5, 5.41) is 0. The van der Waals surface area contributed by atoms with Crippen molar-refractivity contribution in [2.45, 2.75) is 13.0 Å². The van der Waals surface area contributed by atoms with E-state index in [-0.39, 0.29) is 17.9 Å². The van der Waals surface area contributed by atoms with Gasteiger partial charge in [0.1, 0.15) is 0 Å². The van der Waals surface area contributed by atoms with Crippen LogP contribution in [-0.2, 0) is 16.1 Å². The molecule has 1 fully saturated rings. The summed E-state index contributed by atoms with van der Waals surface area (Å²) >= 11 is 6.76. The zero-order valence-electron chi connectivity index (χ0n) is 13.1. The van der Waals surface area contributed by atoms with Crippen LogP contribution in [0.5, 0.6) is 0 Å². The van der Waals surface area contributed by atoms with Gasteiger partial charge >= 0.3 is 0 Å². The summed E-state index contributed by atoms with van der Waals surface area (Å²) in [7, 11) is 0. The molecule has 0 bridgehead atoms. The Morgan fingerprint density at radius 3 is 2.58 bits per heavy atom. The largest absolute Gasteiger partial charge is 0.378 e. The molecular weight excluding hydrogens is 344 g/mol. The molecule has 1 aliphatic heterocycles. The quantitative estimate of drug-likeness (QED) is 0.785. The molecule has 2 aromatic rings. The summed E-state index contributed by atoms with van der Waals surface area (Å²) in [6.07, 6.45) is 0.279. The minimum Gasteiger partial charge on any atom is -0.378 e. The van der Waals surface area contributed by atoms with Crippen molar-refractivity contribution in [1.82, 2.24) is 9.47 Å². The third-order valence-corrected chi connectivity index (χ3v) is 5.35. The van der Waals surface area contributed by atoms with Crippen molar-refractivity contribution >= 4 is 29.5 Å². The summed E-state index contributed by atoms with van der Waals surface area (Å²) in [5.74, 6) is 0.0386. The summed E-state index contributed by atoms with van der Waals surface area (Å²) < 4.78 is 7.24. The highest BCUT2D eigenvalue weighted by Gasteiger charge is 2.17. The van der Waals surface area contributed by atoms with Crippen LogP contribution < -0.4 is 5.56 Å². The van der Waals surface area contributed by atoms with Gasteiger partial charge in [0.25, 0.3) is 5.56 Å². The maximum absolute atomic E-state index is 12.4. The van der Waals surface area contributed by atoms with Gasteiger partial charge in [0.2, 0.25) is 5.91 Å². The standard InChI is InChI=1S/C17H18N2O3S2/c20-15(18-8-10-22-11-9-18)6-7-19-16(21)12-14(24-17(19)23)13-4-2-1-3-5-13/h1-5,12H,6-11H2. The maximum atomic E-state index is 12.4. The lowest BCUT2D eigenvalue weighted by atomic mass is 10.2. The zero-order chi connectivity index (χ0) is 16.9. The molecule has 0 radical (unpaired) electrons. The molecule has 126 valence electrons. The molecule has 1 saturated heterocycles. The molecule has 7 heteroatoms. The van der Waals surface area contributed by atoms with E-state index in [4.69, 9.17) is 17.0 Å². The maximum Gasteiger partial charge on any atom is 0.253 e. The predicted molar refractivity (Wildman–Crippen MR) is 96.9 cm³/mol. The monoisotopic (exact) mass is 362 g/mol. The van der Waals surface area contributed by atoms with Gasteiger partial charge in [-0.2, -0.15) is 0 Å². The van der Waals surface area contributed by atoms with E-state index in [1.165, 1.54) is 15.9 Å². The van der Waals surface area contributed by atoms with E-state index in [1.807, 2.05) is 30.3 Å². The van der Waals surface area contributed by atoms with Gasteiger partial charge in [0, 0.05) is 37.0 Å². The number of hydrogen-bond acceptors (Lipinski definition) is 5. The highest BCUT2D eigenvalue weighted by Crippen LogP contribution is 2.22. The number of carbonyl (C=O) groups excluding carboxylic acids is 1. The van der Waals surface area contributed by atoms with Crippen molar-refractivity contribution in [2.75, 3.05) is 26.3 Å². The van der Waals surface area contributed by atoms with Gasteiger partial charge in [0.15, 0.2) is 3.95 Å². The highest BCUT2D eigenvalue weighted by molar-refractivity contribution is 7.73. The molecule has 1 aromatic heterocycles. The summed E-state index contributed by atoms with van der Waals surface area (Å²) in [5.41, 5.74) is 0.814. The fraction of sp³-hybridized carbons (Fsp3) is 0.353. The first-order chi connectivity index (χ1) is 11.6. The number of carbonyl (C=O) groups is 1. The van der Waals surface area contributed by atoms with Crippen LogP contribution in [0.2, 0.25) is 0 Å². The number of aromatic nitrogens is 1. The summed E-state index contributed by atoms with van der Waals surface area (Å²) in [6, 6.07) is 11.3. The first-order valence-electron chi connectivity index (χ1n) is 7.81. The van der Waals surface area contributed by atoms with Gasteiger partial charge < -0.3 is 9.64 Å². The summed E-state index contributed by atoms with van der Waals surface area (Å²) in [6.45, 7) is 2.70. The lowest BCUT2D eigenvalue weighted by molar-refractivity contribution is -0.135. The van der Waals surface area contributed by atoms with Gasteiger partial charge in [0.05, 0.1) is 13.2 Å². The molecule has 0 N–H and O–H groups in total. The molecular formula is C17H18N2O3S2. The van der Waals surface area contributed by atoms with Crippen LogP contribution in [-0.4, -0.2) is 41.7 Å². The second kappa shape index (κ2) is 7.83. The van der Waals surface area contributed by atoms with Crippen LogP contribution in [0.3, 0.4) is 0 Å². The molecule has 1 aliphatic rings. The Morgan fingerprint density at radius 1 is 1.21 bits per heavy atom. The number of benzene rings is 1. The number of hydrogen-bond donors (Lipinski definition) is 0. The lowest BCUT2D eigenvalue weighted by Crippen LogP contribution is -2.41. The van der Waals surface area contributed by atoms with Gasteiger partial charge in [-0.15, -0.1) is 11.3 Å². The van der Waals surface area contributed by atoms with Crippen LogP contribution in [0.15, 0.2) is 41.2 Å². The van der Waals surface area contributed by atoms with E-state index < -0.39 is 0 Å². The average molecular weight is 362 g/mol. The van der Waals surface area contributed by atoms with Crippen molar-refractivity contribution in [3.8, 4) is 10.4 Å². The van der Waals surface area contributed by atoms with E-state index in [0.29, 0.717) is 36.8 Å². The fourth-order valence-corrected chi connectivity index (χ4v) is 3.93. The number of amides is 1. The lowest BCUT2D eigenvalue weighted by Gasteiger charge is -2.26. The topological polar surface area (TPSA) is 51.5 Å². The van der Waals surface area contributed by atoms with Crippen LogP contribution in [0.4, 0.5) is 0 Å². The number of morpholine rings is 1. The number of nitrogens with zero attached hydrogens (tertiary/aromatic N) is 2. The second-order valence-corrected chi connectivity index (χ2v) is 7.15. The number of ether oxygens (including phenoxy) is 1. The zero-order valence-corrected chi connectivity index (χ0v) is 14.8. The van der Waals surface area contributed by atoms with Crippen molar-refractivity contribution in [3.63, 3.8) is 0 Å². The Morgan fingerprint density at radius 2 is 1.92 bits per heavy atom. The highest BCUT2D eigenvalue weighted by atomic mass is 32.1. The Kier molecular flexibility index (Phi) is 5.55. The van der Waals surface area contributed by atoms with Crippen LogP contribution >= 0.6 is 23.6 Å². The SMILES string of the molecule is O=C(CCn1c(=O)cc(-c2ccccc2)sc1=S)N1CCOCC1. The van der Waals surface area contributed by atoms with E-state index >= 15 is 0 Å². The molecule has 5 nitrogen and oxygen atoms in total. The van der Waals surface area contributed by atoms with Crippen molar-refractivity contribution < 1.29 is 9.53 Å². The molecule has 0 spiro atoms. The van der Waals surface area contributed by atoms with Gasteiger partial charge in [-0.3, -0.25) is 14.2 Å². The van der Waals surface area contributed by atoms with Crippen molar-refractivity contribution in [1.29, 1.82) is 0 Å². The van der Waals surface area contributed by atoms with Crippen molar-refractivity contribution in [2.24, 2.45) is 0 Å². The minimum atomic E-state index is -0.160. The normalized spacial score (nSPS) is 14.6. The van der Waals surface area contributed by atoms with Gasteiger partial charge in [-0.05, 0) is 17.8 Å². The molecule has 0 atom stereocenters. The smallest absolute Gasteiger partial charge is 0.253 e. The first-order valence-corrected chi connectivity index (χ1v) is 9.03. The van der Waals surface area contributed by atoms with Crippen molar-refractivity contribution in [3.05, 3.63) is 50.7 Å². The minimum absolute atomic E-state index is 0.0386. The van der Waals surface area contributed by atoms with E-state index in [2.05, 4.69) is 0 Å². The van der Waals surface area contributed by atoms with E-state index in [0.717, 1.165) is 10.4 Å². The molecule has 1 amide bonds. The Bertz CT molecular complexity index is 792. The van der Waals surface area contributed by atoms with Crippen LogP contribution in [0.1, 0.15) is 6.42 Å². The molecule has 3 rings (SSSR count). The Hall–Kier alpha value is -1.83. The second-order valence-electron chi connectivity index (χ2n) is 5.48. The average Bonchev–Trinajstić information content (AvgIpc) is 2.62. The summed E-state index contributed by atoms with van der Waals surface area (Å²) in [4.78, 5) is 27.2. The molecule has 24 heavy (non-hydrogen) atoms. The van der Waals surface area contributed by atoms with Crippen LogP contribution in [0.25, 0.3) is 10.4 Å². The molecule has 0 unspecified atom stereocenters. The molecule has 1 aromatic carbocycles. The third kappa shape index (κ3) is 3.98. The fourth-order valence-electron chi connectivity index (χ4n) is 2.58. The predicted octanol–water partition coefficient (Wildman–Crippen LogP) is 2.56. The van der Waals surface area contributed by atoms with Crippen LogP contribution in [0, 0.1) is 3.95 Å². The molecule has 0 aliphatic carbocycles. The molecule has 0 saturated carbocycles. The first kappa shape index (κ1) is 17.0. The van der Waals surface area contributed by atoms with Gasteiger partial charge in [-0.1, -0.05) is 30.3 Å². The molecule has 2 heterocycles. The van der Waals surface area contributed by atoms with Gasteiger partial charge in [-0.25, -0.2) is 0 Å². The van der Waals surface area contributed by atoms with E-state index in [1.54, 1.807) is 11.0 Å². The number of rotatable bonds is 4.